The highest BCUT2D eigenvalue weighted by Crippen LogP contribution is 2.30. The summed E-state index contributed by atoms with van der Waals surface area (Å²) in [5, 5.41) is 3.12. The van der Waals surface area contributed by atoms with Gasteiger partial charge in [-0.05, 0) is 15.6 Å². The second kappa shape index (κ2) is 9.95. The zero-order valence-electron chi connectivity index (χ0n) is 18.9. The van der Waals surface area contributed by atoms with Gasteiger partial charge in [0.2, 0.25) is 0 Å². The average molecular weight is 489 g/mol. The maximum Gasteiger partial charge on any atom is 0.330 e. The quantitative estimate of drug-likeness (QED) is 0.318. The van der Waals surface area contributed by atoms with Crippen molar-refractivity contribution in [3.63, 3.8) is 0 Å². The Morgan fingerprint density at radius 2 is 1.37 bits per heavy atom. The molecule has 4 aromatic rings. The number of nitrogens with one attached hydrogen (secondary N) is 1. The molecule has 1 aliphatic rings. The molecule has 3 atom stereocenters. The molecule has 1 aliphatic heterocycles. The fourth-order valence-corrected chi connectivity index (χ4v) is 8.54. The number of rotatable bonds is 7. The van der Waals surface area contributed by atoms with Crippen molar-refractivity contribution < 1.29 is 13.6 Å². The van der Waals surface area contributed by atoms with E-state index in [9.17, 15) is 9.59 Å². The molecular formula is C27H25FN2O4Si. The van der Waals surface area contributed by atoms with Gasteiger partial charge in [0.25, 0.3) is 13.9 Å². The number of hydrogen-bond acceptors (Lipinski definition) is 4. The summed E-state index contributed by atoms with van der Waals surface area (Å²) in [6.07, 6.45) is -1.67. The number of aromatic amines is 1. The van der Waals surface area contributed by atoms with Crippen molar-refractivity contribution >= 4 is 23.9 Å². The van der Waals surface area contributed by atoms with Crippen molar-refractivity contribution in [3.8, 4) is 0 Å². The number of halogens is 1. The number of H-pyrrole nitrogens is 1. The highest BCUT2D eigenvalue weighted by molar-refractivity contribution is 7.07. The van der Waals surface area contributed by atoms with Crippen LogP contribution < -0.4 is 26.8 Å². The third-order valence-electron chi connectivity index (χ3n) is 6.33. The molecule has 0 bridgehead atoms. The van der Waals surface area contributed by atoms with E-state index in [1.165, 1.54) is 16.8 Å². The molecule has 0 radical (unpaired) electrons. The minimum absolute atomic E-state index is 0.00343. The van der Waals surface area contributed by atoms with E-state index in [1.54, 1.807) is 0 Å². The first-order valence-corrected chi connectivity index (χ1v) is 13.4. The normalized spacial score (nSPS) is 20.1. The predicted molar refractivity (Wildman–Crippen MR) is 135 cm³/mol. The van der Waals surface area contributed by atoms with Crippen LogP contribution >= 0.6 is 0 Å². The Balaban J connectivity index is 1.50. The Labute approximate surface area is 202 Å². The van der Waals surface area contributed by atoms with E-state index in [0.717, 1.165) is 15.6 Å². The second-order valence-corrected chi connectivity index (χ2v) is 11.9. The maximum absolute atomic E-state index is 15.1. The Hall–Kier alpha value is -3.59. The van der Waals surface area contributed by atoms with Gasteiger partial charge in [0.15, 0.2) is 0 Å². The fraction of sp³-hybridized carbons (Fsp3) is 0.185. The van der Waals surface area contributed by atoms with Crippen LogP contribution in [0.5, 0.6) is 0 Å². The van der Waals surface area contributed by atoms with Gasteiger partial charge in [-0.2, -0.15) is 0 Å². The van der Waals surface area contributed by atoms with Crippen LogP contribution in [0.4, 0.5) is 4.39 Å². The number of alkyl halides is 1. The number of benzene rings is 3. The van der Waals surface area contributed by atoms with Crippen molar-refractivity contribution in [2.45, 2.75) is 24.9 Å². The van der Waals surface area contributed by atoms with Gasteiger partial charge in [-0.15, -0.1) is 0 Å². The highest BCUT2D eigenvalue weighted by atomic mass is 28.4. The molecule has 0 amide bonds. The average Bonchev–Trinajstić information content (AvgIpc) is 3.26. The lowest BCUT2D eigenvalue weighted by Crippen LogP contribution is -2.69. The van der Waals surface area contributed by atoms with Gasteiger partial charge in [0.1, 0.15) is 18.5 Å². The van der Waals surface area contributed by atoms with E-state index in [1.807, 2.05) is 54.6 Å². The fourth-order valence-electron chi connectivity index (χ4n) is 4.64. The molecule has 1 fully saturated rings. The molecule has 0 aliphatic carbocycles. The van der Waals surface area contributed by atoms with Crippen molar-refractivity contribution in [1.29, 1.82) is 0 Å². The van der Waals surface area contributed by atoms with E-state index >= 15 is 4.39 Å². The summed E-state index contributed by atoms with van der Waals surface area (Å²) in [5.41, 5.74) is -1.14. The number of hydrogen-bond donors (Lipinski definition) is 1. The van der Waals surface area contributed by atoms with Gasteiger partial charge in [0.05, 0.1) is 6.61 Å². The molecule has 1 unspecified atom stereocenters. The van der Waals surface area contributed by atoms with Crippen molar-refractivity contribution in [2.24, 2.45) is 0 Å². The Morgan fingerprint density at radius 1 is 0.857 bits per heavy atom. The van der Waals surface area contributed by atoms with Gasteiger partial charge in [-0.1, -0.05) is 91.0 Å². The van der Waals surface area contributed by atoms with E-state index in [4.69, 9.17) is 9.16 Å². The number of nitrogens with zero attached hydrogens (tertiary/aromatic N) is 1. The van der Waals surface area contributed by atoms with Crippen molar-refractivity contribution in [3.05, 3.63) is 124 Å². The molecule has 3 aromatic carbocycles. The van der Waals surface area contributed by atoms with Crippen LogP contribution in [0.15, 0.2) is 113 Å². The Kier molecular flexibility index (Phi) is 6.58. The summed E-state index contributed by atoms with van der Waals surface area (Å²) < 4.78 is 29.1. The van der Waals surface area contributed by atoms with E-state index in [2.05, 4.69) is 41.4 Å². The molecule has 0 saturated carbocycles. The molecule has 2 heterocycles. The molecule has 1 aromatic heterocycles. The monoisotopic (exact) mass is 488 g/mol. The largest absolute Gasteiger partial charge is 0.401 e. The predicted octanol–water partition coefficient (Wildman–Crippen LogP) is 1.85. The van der Waals surface area contributed by atoms with Gasteiger partial charge in [-0.3, -0.25) is 14.3 Å². The standard InChI is InChI=1S/C27H25FN2O4Si/c28-23-18-26(30-17-16-25(31)29-27(30)32)34-24(23)19-33-35(20-10-4-1-5-11-20,21-12-6-2-7-13-21)22-14-8-3-9-15-22/h1-17,23-24,26H,18-19H2,(H,29,31,32)/t23?,24-,26-/m0/s1. The second-order valence-electron chi connectivity index (χ2n) is 8.49. The van der Waals surface area contributed by atoms with Crippen LogP contribution in [-0.4, -0.2) is 36.8 Å². The minimum Gasteiger partial charge on any atom is -0.401 e. The summed E-state index contributed by atoms with van der Waals surface area (Å²) in [5.74, 6) is 0. The van der Waals surface area contributed by atoms with E-state index in [-0.39, 0.29) is 13.0 Å². The molecular weight excluding hydrogens is 463 g/mol. The van der Waals surface area contributed by atoms with Crippen LogP contribution in [0, 0.1) is 0 Å². The summed E-state index contributed by atoms with van der Waals surface area (Å²) in [6, 6.07) is 31.3. The first-order chi connectivity index (χ1) is 17.1. The summed E-state index contributed by atoms with van der Waals surface area (Å²) in [4.78, 5) is 25.8. The number of ether oxygens (including phenoxy) is 1. The summed E-state index contributed by atoms with van der Waals surface area (Å²) in [7, 11) is -3.00. The zero-order valence-corrected chi connectivity index (χ0v) is 19.9. The summed E-state index contributed by atoms with van der Waals surface area (Å²) >= 11 is 0. The maximum atomic E-state index is 15.1. The SMILES string of the molecule is O=c1ccn([C@@H]2CC(F)[C@H](CO[Si](c3ccccc3)(c3ccccc3)c3ccccc3)O2)c(=O)[nH]1. The third-order valence-corrected chi connectivity index (χ3v) is 10.4. The van der Waals surface area contributed by atoms with Crippen LogP contribution in [0.2, 0.25) is 0 Å². The van der Waals surface area contributed by atoms with Crippen LogP contribution in [0.1, 0.15) is 12.6 Å². The van der Waals surface area contributed by atoms with Gasteiger partial charge < -0.3 is 9.16 Å². The molecule has 1 saturated heterocycles. The summed E-state index contributed by atoms with van der Waals surface area (Å²) in [6.45, 7) is 0.0146. The third kappa shape index (κ3) is 4.55. The molecule has 8 heteroatoms. The smallest absolute Gasteiger partial charge is 0.330 e. The Bertz CT molecular complexity index is 1280. The molecule has 6 nitrogen and oxygen atoms in total. The van der Waals surface area contributed by atoms with Crippen molar-refractivity contribution in [2.75, 3.05) is 6.61 Å². The lowest BCUT2D eigenvalue weighted by molar-refractivity contribution is -0.0313. The van der Waals surface area contributed by atoms with Gasteiger partial charge in [-0.25, -0.2) is 9.18 Å². The van der Waals surface area contributed by atoms with Gasteiger partial charge >= 0.3 is 5.69 Å². The molecule has 1 N–H and O–H groups in total. The zero-order chi connectivity index (χ0) is 24.3. The minimum atomic E-state index is -3.00. The van der Waals surface area contributed by atoms with Crippen LogP contribution in [0.3, 0.4) is 0 Å². The van der Waals surface area contributed by atoms with E-state index < -0.39 is 38.1 Å². The molecule has 35 heavy (non-hydrogen) atoms. The van der Waals surface area contributed by atoms with Crippen LogP contribution in [0.25, 0.3) is 0 Å². The topological polar surface area (TPSA) is 73.3 Å². The lowest BCUT2D eigenvalue weighted by atomic mass is 10.2. The van der Waals surface area contributed by atoms with Crippen LogP contribution in [-0.2, 0) is 9.16 Å². The Morgan fingerprint density at radius 3 is 1.86 bits per heavy atom. The first-order valence-electron chi connectivity index (χ1n) is 11.5. The molecule has 178 valence electrons. The first kappa shape index (κ1) is 23.2. The molecule has 0 spiro atoms. The molecule has 5 rings (SSSR count). The van der Waals surface area contributed by atoms with Crippen molar-refractivity contribution in [1.82, 2.24) is 9.55 Å². The van der Waals surface area contributed by atoms with Gasteiger partial charge in [0, 0.05) is 18.7 Å². The van der Waals surface area contributed by atoms with E-state index in [0.29, 0.717) is 0 Å². The highest BCUT2D eigenvalue weighted by Gasteiger charge is 2.45. The number of aromatic nitrogens is 2. The lowest BCUT2D eigenvalue weighted by Gasteiger charge is -2.34.